The molecule has 0 unspecified atom stereocenters. The van der Waals surface area contributed by atoms with E-state index in [2.05, 4.69) is 4.90 Å². The minimum absolute atomic E-state index is 0.636. The molecule has 0 bridgehead atoms. The third kappa shape index (κ3) is 5.73. The molecule has 1 aromatic rings. The summed E-state index contributed by atoms with van der Waals surface area (Å²) in [5.41, 5.74) is -0.651. The van der Waals surface area contributed by atoms with Gasteiger partial charge in [0.15, 0.2) is 0 Å². The molecule has 0 amide bonds. The van der Waals surface area contributed by atoms with E-state index in [1.54, 1.807) is 0 Å². The molecule has 16 heavy (non-hydrogen) atoms. The van der Waals surface area contributed by atoms with Crippen LogP contribution in [0.25, 0.3) is 0 Å². The number of para-hydroxylation sites is 1. The van der Waals surface area contributed by atoms with Crippen molar-refractivity contribution in [3.05, 3.63) is 30.3 Å². The summed E-state index contributed by atoms with van der Waals surface area (Å²) in [7, 11) is 1.98. The molecule has 0 atom stereocenters. The van der Waals surface area contributed by atoms with Gasteiger partial charge in [-0.15, -0.1) is 0 Å². The van der Waals surface area contributed by atoms with Gasteiger partial charge in [0.05, 0.1) is 5.60 Å². The molecule has 0 spiro atoms. The summed E-state index contributed by atoms with van der Waals surface area (Å²) in [4.78, 5) is 2.06. The van der Waals surface area contributed by atoms with Gasteiger partial charge in [-0.05, 0) is 33.0 Å². The molecule has 3 nitrogen and oxygen atoms in total. The van der Waals surface area contributed by atoms with Crippen LogP contribution >= 0.6 is 0 Å². The van der Waals surface area contributed by atoms with Crippen molar-refractivity contribution in [3.63, 3.8) is 0 Å². The Balaban J connectivity index is 2.21. The second-order valence-electron chi connectivity index (χ2n) is 4.71. The predicted octanol–water partition coefficient (Wildman–Crippen LogP) is 1.77. The fraction of sp³-hybridized carbons (Fsp3) is 0.538. The summed E-state index contributed by atoms with van der Waals surface area (Å²) in [5, 5.41) is 9.62. The summed E-state index contributed by atoms with van der Waals surface area (Å²) < 4.78 is 5.57. The Hall–Kier alpha value is -1.06. The Kier molecular flexibility index (Phi) is 4.77. The van der Waals surface area contributed by atoms with Crippen LogP contribution in [0.15, 0.2) is 30.3 Å². The lowest BCUT2D eigenvalue weighted by molar-refractivity contribution is 0.0411. The lowest BCUT2D eigenvalue weighted by Crippen LogP contribution is -2.38. The number of hydrogen-bond donors (Lipinski definition) is 1. The van der Waals surface area contributed by atoms with Gasteiger partial charge in [-0.25, -0.2) is 0 Å². The van der Waals surface area contributed by atoms with E-state index in [0.29, 0.717) is 13.2 Å². The third-order valence-corrected chi connectivity index (χ3v) is 2.14. The van der Waals surface area contributed by atoms with Gasteiger partial charge in [-0.1, -0.05) is 18.2 Å². The molecule has 0 aliphatic heterocycles. The Labute approximate surface area is 97.7 Å². The van der Waals surface area contributed by atoms with Crippen LogP contribution in [0.1, 0.15) is 13.8 Å². The lowest BCUT2D eigenvalue weighted by Gasteiger charge is -2.25. The first kappa shape index (κ1) is 13.0. The largest absolute Gasteiger partial charge is 0.492 e. The van der Waals surface area contributed by atoms with Crippen molar-refractivity contribution in [2.75, 3.05) is 26.7 Å². The summed E-state index contributed by atoms with van der Waals surface area (Å²) in [6.45, 7) is 5.70. The maximum atomic E-state index is 9.62. The average Bonchev–Trinajstić information content (AvgIpc) is 2.16. The van der Waals surface area contributed by atoms with Gasteiger partial charge in [0.2, 0.25) is 0 Å². The van der Waals surface area contributed by atoms with E-state index in [1.807, 2.05) is 51.2 Å². The number of benzene rings is 1. The molecule has 0 saturated carbocycles. The molecule has 3 heteroatoms. The van der Waals surface area contributed by atoms with E-state index >= 15 is 0 Å². The molecule has 1 aromatic carbocycles. The normalized spacial score (nSPS) is 11.8. The molecule has 1 N–H and O–H groups in total. The summed E-state index contributed by atoms with van der Waals surface area (Å²) >= 11 is 0. The van der Waals surface area contributed by atoms with Crippen molar-refractivity contribution >= 4 is 0 Å². The monoisotopic (exact) mass is 223 g/mol. The van der Waals surface area contributed by atoms with Crippen molar-refractivity contribution < 1.29 is 9.84 Å². The van der Waals surface area contributed by atoms with Crippen LogP contribution < -0.4 is 4.74 Å². The Morgan fingerprint density at radius 2 is 1.88 bits per heavy atom. The number of ether oxygens (including phenoxy) is 1. The molecule has 0 aliphatic carbocycles. The topological polar surface area (TPSA) is 32.7 Å². The van der Waals surface area contributed by atoms with Crippen molar-refractivity contribution in [2.24, 2.45) is 0 Å². The molecule has 0 saturated heterocycles. The maximum Gasteiger partial charge on any atom is 0.119 e. The highest BCUT2D eigenvalue weighted by molar-refractivity contribution is 5.20. The number of aliphatic hydroxyl groups is 1. The zero-order chi connectivity index (χ0) is 12.0. The molecule has 0 heterocycles. The molecule has 0 radical (unpaired) electrons. The van der Waals surface area contributed by atoms with Gasteiger partial charge in [0.1, 0.15) is 12.4 Å². The van der Waals surface area contributed by atoms with Crippen LogP contribution in [0.5, 0.6) is 5.75 Å². The second kappa shape index (κ2) is 5.87. The van der Waals surface area contributed by atoms with Gasteiger partial charge in [0, 0.05) is 13.1 Å². The minimum atomic E-state index is -0.651. The first-order valence-electron chi connectivity index (χ1n) is 5.56. The summed E-state index contributed by atoms with van der Waals surface area (Å²) in [6, 6.07) is 9.75. The Bertz CT molecular complexity index is 293. The zero-order valence-electron chi connectivity index (χ0n) is 10.3. The SMILES string of the molecule is CN(CCOc1ccccc1)CC(C)(C)O. The lowest BCUT2D eigenvalue weighted by atomic mass is 10.1. The van der Waals surface area contributed by atoms with Gasteiger partial charge in [-0.2, -0.15) is 0 Å². The first-order chi connectivity index (χ1) is 7.47. The zero-order valence-corrected chi connectivity index (χ0v) is 10.3. The maximum absolute atomic E-state index is 9.62. The molecule has 0 fully saturated rings. The van der Waals surface area contributed by atoms with E-state index in [-0.39, 0.29) is 0 Å². The predicted molar refractivity (Wildman–Crippen MR) is 65.7 cm³/mol. The van der Waals surface area contributed by atoms with E-state index in [9.17, 15) is 5.11 Å². The minimum Gasteiger partial charge on any atom is -0.492 e. The second-order valence-corrected chi connectivity index (χ2v) is 4.71. The highest BCUT2D eigenvalue weighted by Gasteiger charge is 2.14. The van der Waals surface area contributed by atoms with Crippen molar-refractivity contribution in [3.8, 4) is 5.75 Å². The Morgan fingerprint density at radius 1 is 1.25 bits per heavy atom. The van der Waals surface area contributed by atoms with Gasteiger partial charge in [-0.3, -0.25) is 0 Å². The van der Waals surface area contributed by atoms with Crippen LogP contribution in [-0.2, 0) is 0 Å². The van der Waals surface area contributed by atoms with E-state index in [0.717, 1.165) is 12.3 Å². The molecule has 90 valence electrons. The highest BCUT2D eigenvalue weighted by Crippen LogP contribution is 2.08. The molecular formula is C13H21NO2. The average molecular weight is 223 g/mol. The highest BCUT2D eigenvalue weighted by atomic mass is 16.5. The van der Waals surface area contributed by atoms with Crippen LogP contribution in [0.2, 0.25) is 0 Å². The van der Waals surface area contributed by atoms with Crippen molar-refractivity contribution in [1.29, 1.82) is 0 Å². The van der Waals surface area contributed by atoms with Crippen molar-refractivity contribution in [2.45, 2.75) is 19.4 Å². The van der Waals surface area contributed by atoms with Gasteiger partial charge in [0.25, 0.3) is 0 Å². The molecule has 1 rings (SSSR count). The van der Waals surface area contributed by atoms with Crippen LogP contribution in [-0.4, -0.2) is 42.4 Å². The fourth-order valence-electron chi connectivity index (χ4n) is 1.58. The molecule has 0 aromatic heterocycles. The van der Waals surface area contributed by atoms with Crippen LogP contribution in [0, 0.1) is 0 Å². The summed E-state index contributed by atoms with van der Waals surface area (Å²) in [6.07, 6.45) is 0. The quantitative estimate of drug-likeness (QED) is 0.797. The van der Waals surface area contributed by atoms with Crippen LogP contribution in [0.4, 0.5) is 0 Å². The van der Waals surface area contributed by atoms with Crippen molar-refractivity contribution in [1.82, 2.24) is 4.90 Å². The summed E-state index contributed by atoms with van der Waals surface area (Å²) in [5.74, 6) is 0.888. The van der Waals surface area contributed by atoms with Crippen LogP contribution in [0.3, 0.4) is 0 Å². The number of rotatable bonds is 6. The number of nitrogens with zero attached hydrogens (tertiary/aromatic N) is 1. The first-order valence-corrected chi connectivity index (χ1v) is 5.56. The fourth-order valence-corrected chi connectivity index (χ4v) is 1.58. The Morgan fingerprint density at radius 3 is 2.44 bits per heavy atom. The van der Waals surface area contributed by atoms with Gasteiger partial charge >= 0.3 is 0 Å². The smallest absolute Gasteiger partial charge is 0.119 e. The number of likely N-dealkylation sites (N-methyl/N-ethyl adjacent to an activating group) is 1. The number of hydrogen-bond acceptors (Lipinski definition) is 3. The third-order valence-electron chi connectivity index (χ3n) is 2.14. The molecule has 0 aliphatic rings. The standard InChI is InChI=1S/C13H21NO2/c1-13(2,15)11-14(3)9-10-16-12-7-5-4-6-8-12/h4-8,15H,9-11H2,1-3H3. The van der Waals surface area contributed by atoms with E-state index in [4.69, 9.17) is 4.74 Å². The van der Waals surface area contributed by atoms with E-state index < -0.39 is 5.60 Å². The van der Waals surface area contributed by atoms with Gasteiger partial charge < -0.3 is 14.7 Å². The van der Waals surface area contributed by atoms with E-state index in [1.165, 1.54) is 0 Å². The molecular weight excluding hydrogens is 202 g/mol.